The highest BCUT2D eigenvalue weighted by atomic mass is 16.5. The van der Waals surface area contributed by atoms with E-state index in [4.69, 9.17) is 10.8 Å². The van der Waals surface area contributed by atoms with Crippen molar-refractivity contribution in [2.45, 2.75) is 20.1 Å². The highest BCUT2D eigenvalue weighted by Gasteiger charge is 1.78. The van der Waals surface area contributed by atoms with E-state index >= 15 is 0 Å². The molecular weight excluding hydrogens is 146 g/mol. The maximum Gasteiger partial charge on any atom is 0.327 e. The summed E-state index contributed by atoms with van der Waals surface area (Å²) in [5.41, 5.74) is 5.07. The molecule has 4 heteroatoms. The van der Waals surface area contributed by atoms with Crippen molar-refractivity contribution in [1.82, 2.24) is 0 Å². The van der Waals surface area contributed by atoms with Gasteiger partial charge in [0.2, 0.25) is 0 Å². The second-order valence-electron chi connectivity index (χ2n) is 1.78. The second-order valence-corrected chi connectivity index (χ2v) is 1.78. The van der Waals surface area contributed by atoms with Crippen LogP contribution in [0.5, 0.6) is 0 Å². The average Bonchev–Trinajstić information content (AvgIpc) is 1.89. The summed E-state index contributed by atoms with van der Waals surface area (Å²) in [5.74, 6) is -0.891. The molecule has 0 radical (unpaired) electrons. The highest BCUT2D eigenvalue weighted by molar-refractivity contribution is 5.79. The van der Waals surface area contributed by atoms with Gasteiger partial charge in [0.1, 0.15) is 6.23 Å². The normalized spacial score (nSPS) is 12.0. The second kappa shape index (κ2) is 9.13. The summed E-state index contributed by atoms with van der Waals surface area (Å²) in [6.45, 7) is 3.44. The fourth-order valence-electron chi connectivity index (χ4n) is 0.143. The van der Waals surface area contributed by atoms with Crippen LogP contribution in [0.15, 0.2) is 12.2 Å². The van der Waals surface area contributed by atoms with Crippen LogP contribution >= 0.6 is 0 Å². The molecule has 0 amide bonds. The van der Waals surface area contributed by atoms with Crippen molar-refractivity contribution in [2.24, 2.45) is 5.73 Å². The Kier molecular flexibility index (Phi) is 10.6. The number of carboxylic acids is 1. The molecule has 1 atom stereocenters. The number of nitrogens with two attached hydrogens (primary N) is 1. The number of ether oxygens (including phenoxy) is 1. The molecule has 0 bridgehead atoms. The maximum atomic E-state index is 9.51. The van der Waals surface area contributed by atoms with Gasteiger partial charge < -0.3 is 15.6 Å². The topological polar surface area (TPSA) is 72.5 Å². The molecule has 0 rings (SSSR count). The first kappa shape index (κ1) is 12.8. The van der Waals surface area contributed by atoms with Crippen LogP contribution in [0.1, 0.15) is 13.8 Å². The van der Waals surface area contributed by atoms with E-state index in [9.17, 15) is 4.79 Å². The first-order valence-corrected chi connectivity index (χ1v) is 3.18. The standard InChI is InChI=1S/C4H6O2.C3H9NO/c1-2-3-4(5)6;1-3(4)5-2/h2-3H,1H3,(H,5,6);3H,4H2,1-2H3/b3-2+;. The van der Waals surface area contributed by atoms with Crippen LogP contribution in [0, 0.1) is 0 Å². The van der Waals surface area contributed by atoms with Crippen LogP contribution < -0.4 is 5.73 Å². The summed E-state index contributed by atoms with van der Waals surface area (Å²) in [6, 6.07) is 0. The minimum Gasteiger partial charge on any atom is -0.478 e. The van der Waals surface area contributed by atoms with Crippen molar-refractivity contribution in [3.8, 4) is 0 Å². The fraction of sp³-hybridized carbons (Fsp3) is 0.571. The van der Waals surface area contributed by atoms with Gasteiger partial charge in [-0.15, -0.1) is 0 Å². The van der Waals surface area contributed by atoms with E-state index in [1.807, 2.05) is 0 Å². The van der Waals surface area contributed by atoms with Gasteiger partial charge in [0, 0.05) is 13.2 Å². The lowest BCUT2D eigenvalue weighted by atomic mass is 10.5. The SMILES string of the molecule is C/C=C/C(=O)O.COC(C)N. The highest BCUT2D eigenvalue weighted by Crippen LogP contribution is 1.67. The number of allylic oxidation sites excluding steroid dienone is 1. The molecule has 0 aromatic carbocycles. The molecule has 0 aliphatic carbocycles. The van der Waals surface area contributed by atoms with Gasteiger partial charge in [-0.1, -0.05) is 6.08 Å². The molecule has 0 aliphatic rings. The summed E-state index contributed by atoms with van der Waals surface area (Å²) < 4.78 is 4.53. The zero-order chi connectivity index (χ0) is 9.28. The van der Waals surface area contributed by atoms with Crippen molar-refractivity contribution < 1.29 is 14.6 Å². The predicted octanol–water partition coefficient (Wildman–Crippen LogP) is 0.585. The number of hydrogen-bond acceptors (Lipinski definition) is 3. The minimum atomic E-state index is -0.891. The van der Waals surface area contributed by atoms with Crippen molar-refractivity contribution in [1.29, 1.82) is 0 Å². The largest absolute Gasteiger partial charge is 0.478 e. The Balaban J connectivity index is 0. The number of hydrogen-bond donors (Lipinski definition) is 2. The van der Waals surface area contributed by atoms with Gasteiger partial charge >= 0.3 is 5.97 Å². The first-order chi connectivity index (χ1) is 5.04. The molecule has 0 saturated carbocycles. The maximum absolute atomic E-state index is 9.51. The predicted molar refractivity (Wildman–Crippen MR) is 43.1 cm³/mol. The van der Waals surface area contributed by atoms with E-state index in [0.717, 1.165) is 6.08 Å². The zero-order valence-corrected chi connectivity index (χ0v) is 7.07. The van der Waals surface area contributed by atoms with Crippen molar-refractivity contribution in [2.75, 3.05) is 7.11 Å². The Morgan fingerprint density at radius 2 is 2.09 bits per heavy atom. The summed E-state index contributed by atoms with van der Waals surface area (Å²) >= 11 is 0. The van der Waals surface area contributed by atoms with Gasteiger partial charge in [-0.05, 0) is 13.8 Å². The fourth-order valence-corrected chi connectivity index (χ4v) is 0.143. The Morgan fingerprint density at radius 1 is 1.73 bits per heavy atom. The first-order valence-electron chi connectivity index (χ1n) is 3.18. The van der Waals surface area contributed by atoms with Crippen LogP contribution in [0.3, 0.4) is 0 Å². The molecule has 0 aromatic heterocycles. The quantitative estimate of drug-likeness (QED) is 0.459. The van der Waals surface area contributed by atoms with Gasteiger partial charge in [0.05, 0.1) is 0 Å². The molecule has 4 nitrogen and oxygen atoms in total. The Morgan fingerprint density at radius 3 is 2.09 bits per heavy atom. The molecule has 66 valence electrons. The van der Waals surface area contributed by atoms with Crippen LogP contribution in [0.4, 0.5) is 0 Å². The number of aliphatic carboxylic acids is 1. The molecule has 0 heterocycles. The smallest absolute Gasteiger partial charge is 0.327 e. The Labute approximate surface area is 66.7 Å². The van der Waals surface area contributed by atoms with E-state index in [0.29, 0.717) is 0 Å². The minimum absolute atomic E-state index is 0.116. The average molecular weight is 161 g/mol. The van der Waals surface area contributed by atoms with Crippen molar-refractivity contribution in [3.63, 3.8) is 0 Å². The molecule has 0 saturated heterocycles. The molecule has 1 unspecified atom stereocenters. The van der Waals surface area contributed by atoms with Gasteiger partial charge in [0.15, 0.2) is 0 Å². The van der Waals surface area contributed by atoms with E-state index in [-0.39, 0.29) is 6.23 Å². The van der Waals surface area contributed by atoms with Gasteiger partial charge in [-0.25, -0.2) is 4.79 Å². The number of methoxy groups -OCH3 is 1. The summed E-state index contributed by atoms with van der Waals surface area (Å²) in [4.78, 5) is 9.51. The monoisotopic (exact) mass is 161 g/mol. The third-order valence-electron chi connectivity index (χ3n) is 0.681. The molecule has 0 aromatic rings. The Hall–Kier alpha value is -0.870. The zero-order valence-electron chi connectivity index (χ0n) is 7.07. The van der Waals surface area contributed by atoms with Gasteiger partial charge in [0.25, 0.3) is 0 Å². The lowest BCUT2D eigenvalue weighted by molar-refractivity contribution is -0.131. The van der Waals surface area contributed by atoms with E-state index < -0.39 is 5.97 Å². The van der Waals surface area contributed by atoms with E-state index in [1.165, 1.54) is 6.08 Å². The van der Waals surface area contributed by atoms with E-state index in [2.05, 4.69) is 4.74 Å². The molecule has 11 heavy (non-hydrogen) atoms. The van der Waals surface area contributed by atoms with Gasteiger partial charge in [-0.3, -0.25) is 0 Å². The lowest BCUT2D eigenvalue weighted by Gasteiger charge is -1.95. The molecule has 0 fully saturated rings. The van der Waals surface area contributed by atoms with E-state index in [1.54, 1.807) is 21.0 Å². The summed E-state index contributed by atoms with van der Waals surface area (Å²) in [7, 11) is 1.57. The van der Waals surface area contributed by atoms with Crippen LogP contribution in [-0.4, -0.2) is 24.4 Å². The molecule has 3 N–H and O–H groups in total. The molecular formula is C7H15NO3. The van der Waals surface area contributed by atoms with Crippen LogP contribution in [-0.2, 0) is 9.53 Å². The molecule has 0 aliphatic heterocycles. The Bertz CT molecular complexity index is 121. The van der Waals surface area contributed by atoms with Crippen LogP contribution in [0.2, 0.25) is 0 Å². The third-order valence-corrected chi connectivity index (χ3v) is 0.681. The van der Waals surface area contributed by atoms with Crippen LogP contribution in [0.25, 0.3) is 0 Å². The van der Waals surface area contributed by atoms with Gasteiger partial charge in [-0.2, -0.15) is 0 Å². The number of carboxylic acid groups (broad SMARTS) is 1. The molecule has 0 spiro atoms. The lowest BCUT2D eigenvalue weighted by Crippen LogP contribution is -2.15. The van der Waals surface area contributed by atoms with Crippen molar-refractivity contribution in [3.05, 3.63) is 12.2 Å². The summed E-state index contributed by atoms with van der Waals surface area (Å²) in [6.07, 6.45) is 2.44. The van der Waals surface area contributed by atoms with Crippen molar-refractivity contribution >= 4 is 5.97 Å². The number of carbonyl (C=O) groups is 1. The number of rotatable bonds is 2. The third kappa shape index (κ3) is 27.2. The summed E-state index contributed by atoms with van der Waals surface area (Å²) in [5, 5.41) is 7.83.